The summed E-state index contributed by atoms with van der Waals surface area (Å²) in [5.41, 5.74) is 1.03. The van der Waals surface area contributed by atoms with Crippen LogP contribution >= 0.6 is 27.5 Å². The van der Waals surface area contributed by atoms with Gasteiger partial charge in [-0.05, 0) is 71.9 Å². The van der Waals surface area contributed by atoms with E-state index < -0.39 is 0 Å². The molecular formula is C12H14BrClFN. The Hall–Kier alpha value is -0.120. The second kappa shape index (κ2) is 5.48. The summed E-state index contributed by atoms with van der Waals surface area (Å²) in [6.07, 6.45) is 3.35. The lowest BCUT2D eigenvalue weighted by Gasteiger charge is -2.23. The van der Waals surface area contributed by atoms with Gasteiger partial charge in [-0.3, -0.25) is 0 Å². The maximum absolute atomic E-state index is 13.2. The van der Waals surface area contributed by atoms with Gasteiger partial charge in [-0.1, -0.05) is 11.6 Å². The summed E-state index contributed by atoms with van der Waals surface area (Å²) in [7, 11) is 0. The van der Waals surface area contributed by atoms with Gasteiger partial charge in [0.1, 0.15) is 5.82 Å². The minimum absolute atomic E-state index is 0.296. The third-order valence-electron chi connectivity index (χ3n) is 3.00. The van der Waals surface area contributed by atoms with Crippen LogP contribution in [0.3, 0.4) is 0 Å². The van der Waals surface area contributed by atoms with E-state index in [1.54, 1.807) is 6.07 Å². The van der Waals surface area contributed by atoms with Crippen molar-refractivity contribution in [2.75, 3.05) is 13.1 Å². The van der Waals surface area contributed by atoms with E-state index in [2.05, 4.69) is 21.2 Å². The summed E-state index contributed by atoms with van der Waals surface area (Å²) >= 11 is 9.24. The molecule has 2 rings (SSSR count). The zero-order valence-corrected chi connectivity index (χ0v) is 11.2. The fraction of sp³-hybridized carbons (Fsp3) is 0.500. The SMILES string of the molecule is Fc1cc(Cl)c(CC2CCCNC2)cc1Br. The Morgan fingerprint density at radius 1 is 1.50 bits per heavy atom. The van der Waals surface area contributed by atoms with Gasteiger partial charge in [0, 0.05) is 5.02 Å². The fourth-order valence-electron chi connectivity index (χ4n) is 2.13. The Balaban J connectivity index is 2.11. The predicted molar refractivity (Wildman–Crippen MR) is 68.4 cm³/mol. The Morgan fingerprint density at radius 3 is 3.00 bits per heavy atom. The first kappa shape index (κ1) is 12.3. The molecule has 0 aromatic heterocycles. The third-order valence-corrected chi connectivity index (χ3v) is 3.96. The number of piperidine rings is 1. The van der Waals surface area contributed by atoms with E-state index in [-0.39, 0.29) is 5.82 Å². The van der Waals surface area contributed by atoms with Crippen molar-refractivity contribution in [3.05, 3.63) is 33.0 Å². The van der Waals surface area contributed by atoms with Crippen LogP contribution in [0.5, 0.6) is 0 Å². The summed E-state index contributed by atoms with van der Waals surface area (Å²) in [5, 5.41) is 3.91. The third kappa shape index (κ3) is 2.96. The van der Waals surface area contributed by atoms with Gasteiger partial charge in [0.25, 0.3) is 0 Å². The topological polar surface area (TPSA) is 12.0 Å². The Bertz CT molecular complexity index is 378. The second-order valence-corrected chi connectivity index (χ2v) is 5.54. The molecule has 1 N–H and O–H groups in total. The van der Waals surface area contributed by atoms with E-state index in [0.717, 1.165) is 25.1 Å². The lowest BCUT2D eigenvalue weighted by molar-refractivity contribution is 0.376. The molecule has 4 heteroatoms. The van der Waals surface area contributed by atoms with E-state index >= 15 is 0 Å². The van der Waals surface area contributed by atoms with Crippen molar-refractivity contribution in [1.29, 1.82) is 0 Å². The standard InChI is InChI=1S/C12H14BrClFN/c13-10-5-9(11(14)6-12(10)15)4-8-2-1-3-16-7-8/h5-6,8,16H,1-4,7H2. The molecule has 1 heterocycles. The van der Waals surface area contributed by atoms with Crippen LogP contribution in [0.1, 0.15) is 18.4 Å². The molecule has 0 radical (unpaired) electrons. The lowest BCUT2D eigenvalue weighted by Crippen LogP contribution is -2.30. The van der Waals surface area contributed by atoms with Gasteiger partial charge in [-0.15, -0.1) is 0 Å². The second-order valence-electron chi connectivity index (χ2n) is 4.27. The Labute approximate surface area is 109 Å². The van der Waals surface area contributed by atoms with Gasteiger partial charge in [0.05, 0.1) is 4.47 Å². The minimum atomic E-state index is -0.296. The molecule has 1 atom stereocenters. The summed E-state index contributed by atoms with van der Waals surface area (Å²) in [6, 6.07) is 3.18. The van der Waals surface area contributed by atoms with Crippen molar-refractivity contribution in [2.45, 2.75) is 19.3 Å². The minimum Gasteiger partial charge on any atom is -0.316 e. The molecule has 16 heavy (non-hydrogen) atoms. The summed E-state index contributed by atoms with van der Waals surface area (Å²) < 4.78 is 13.7. The molecule has 0 bridgehead atoms. The molecule has 1 aliphatic heterocycles. The highest BCUT2D eigenvalue weighted by atomic mass is 79.9. The highest BCUT2D eigenvalue weighted by molar-refractivity contribution is 9.10. The first-order valence-corrected chi connectivity index (χ1v) is 6.68. The van der Waals surface area contributed by atoms with Crippen molar-refractivity contribution in [3.8, 4) is 0 Å². The molecule has 0 spiro atoms. The molecule has 1 aliphatic rings. The van der Waals surface area contributed by atoms with Crippen LogP contribution < -0.4 is 5.32 Å². The van der Waals surface area contributed by atoms with Crippen LogP contribution in [0, 0.1) is 11.7 Å². The molecule has 1 aromatic rings. The maximum Gasteiger partial charge on any atom is 0.138 e. The lowest BCUT2D eigenvalue weighted by atomic mass is 9.92. The average molecular weight is 307 g/mol. The Kier molecular flexibility index (Phi) is 4.22. The molecule has 1 saturated heterocycles. The van der Waals surface area contributed by atoms with Crippen LogP contribution in [0.4, 0.5) is 4.39 Å². The molecule has 1 aromatic carbocycles. The van der Waals surface area contributed by atoms with Gasteiger partial charge >= 0.3 is 0 Å². The van der Waals surface area contributed by atoms with Crippen molar-refractivity contribution in [3.63, 3.8) is 0 Å². The fourth-order valence-corrected chi connectivity index (χ4v) is 2.75. The number of hydrogen-bond acceptors (Lipinski definition) is 1. The van der Waals surface area contributed by atoms with E-state index in [9.17, 15) is 4.39 Å². The van der Waals surface area contributed by atoms with Gasteiger partial charge in [-0.2, -0.15) is 0 Å². The summed E-state index contributed by atoms with van der Waals surface area (Å²) in [6.45, 7) is 2.14. The van der Waals surface area contributed by atoms with Crippen LogP contribution in [0.25, 0.3) is 0 Å². The normalized spacial score (nSPS) is 21.1. The molecule has 1 nitrogen and oxygen atoms in total. The average Bonchev–Trinajstić information content (AvgIpc) is 2.27. The number of rotatable bonds is 2. The highest BCUT2D eigenvalue weighted by Crippen LogP contribution is 2.27. The maximum atomic E-state index is 13.2. The monoisotopic (exact) mass is 305 g/mol. The van der Waals surface area contributed by atoms with Gasteiger partial charge in [-0.25, -0.2) is 4.39 Å². The molecular weight excluding hydrogens is 292 g/mol. The van der Waals surface area contributed by atoms with E-state index in [1.165, 1.54) is 18.9 Å². The van der Waals surface area contributed by atoms with E-state index in [0.29, 0.717) is 15.4 Å². The molecule has 88 valence electrons. The number of halogens is 3. The van der Waals surface area contributed by atoms with Crippen molar-refractivity contribution in [2.24, 2.45) is 5.92 Å². The van der Waals surface area contributed by atoms with Crippen molar-refractivity contribution in [1.82, 2.24) is 5.32 Å². The quantitative estimate of drug-likeness (QED) is 0.820. The van der Waals surface area contributed by atoms with Crippen molar-refractivity contribution < 1.29 is 4.39 Å². The molecule has 1 unspecified atom stereocenters. The van der Waals surface area contributed by atoms with E-state index in [1.807, 2.05) is 0 Å². The predicted octanol–water partition coefficient (Wildman–Crippen LogP) is 3.78. The van der Waals surface area contributed by atoms with E-state index in [4.69, 9.17) is 11.6 Å². The Morgan fingerprint density at radius 2 is 2.31 bits per heavy atom. The molecule has 0 amide bonds. The van der Waals surface area contributed by atoms with Gasteiger partial charge in [0.15, 0.2) is 0 Å². The van der Waals surface area contributed by atoms with Crippen LogP contribution in [0.2, 0.25) is 5.02 Å². The summed E-state index contributed by atoms with van der Waals surface area (Å²) in [5.74, 6) is 0.319. The zero-order valence-electron chi connectivity index (χ0n) is 8.90. The van der Waals surface area contributed by atoms with Crippen molar-refractivity contribution >= 4 is 27.5 Å². The van der Waals surface area contributed by atoms with Gasteiger partial charge < -0.3 is 5.32 Å². The van der Waals surface area contributed by atoms with Crippen LogP contribution in [0.15, 0.2) is 16.6 Å². The first-order valence-electron chi connectivity index (χ1n) is 5.51. The molecule has 0 saturated carbocycles. The molecule has 0 aliphatic carbocycles. The zero-order chi connectivity index (χ0) is 11.5. The largest absolute Gasteiger partial charge is 0.316 e. The van der Waals surface area contributed by atoms with Crippen LogP contribution in [-0.4, -0.2) is 13.1 Å². The molecule has 1 fully saturated rings. The first-order chi connectivity index (χ1) is 7.66. The number of benzene rings is 1. The highest BCUT2D eigenvalue weighted by Gasteiger charge is 2.16. The summed E-state index contributed by atoms with van der Waals surface area (Å²) in [4.78, 5) is 0. The van der Waals surface area contributed by atoms with Crippen LogP contribution in [-0.2, 0) is 6.42 Å². The number of nitrogens with one attached hydrogen (secondary N) is 1. The van der Waals surface area contributed by atoms with Gasteiger partial charge in [0.2, 0.25) is 0 Å². The number of hydrogen-bond donors (Lipinski definition) is 1. The smallest absolute Gasteiger partial charge is 0.138 e.